The fourth-order valence-electron chi connectivity index (χ4n) is 2.86. The van der Waals surface area contributed by atoms with Gasteiger partial charge in [0, 0.05) is 18.9 Å². The molecule has 3 rings (SSSR count). The first-order valence-electron chi connectivity index (χ1n) is 6.14. The van der Waals surface area contributed by atoms with Gasteiger partial charge in [0.25, 0.3) is 0 Å². The average molecular weight is 225 g/mol. The van der Waals surface area contributed by atoms with Gasteiger partial charge in [0.05, 0.1) is 5.56 Å². The van der Waals surface area contributed by atoms with Crippen molar-refractivity contribution in [1.82, 2.24) is 10.3 Å². The molecule has 2 unspecified atom stereocenters. The van der Waals surface area contributed by atoms with Gasteiger partial charge in [0.15, 0.2) is 0 Å². The Labute approximate surface area is 101 Å². The maximum absolute atomic E-state index is 8.89. The first-order chi connectivity index (χ1) is 8.36. The van der Waals surface area contributed by atoms with Crippen LogP contribution in [0.5, 0.6) is 0 Å². The number of fused-ring (bicyclic) bond motifs is 1. The molecule has 2 heterocycles. The molecular formula is C14H15N3. The normalized spacial score (nSPS) is 27.1. The molecule has 0 radical (unpaired) electrons. The van der Waals surface area contributed by atoms with Crippen molar-refractivity contribution < 1.29 is 0 Å². The summed E-state index contributed by atoms with van der Waals surface area (Å²) >= 11 is 0. The number of nitrogens with zero attached hydrogens (tertiary/aromatic N) is 2. The molecule has 1 aromatic heterocycles. The Morgan fingerprint density at radius 3 is 3.18 bits per heavy atom. The highest BCUT2D eigenvalue weighted by Crippen LogP contribution is 2.35. The van der Waals surface area contributed by atoms with Gasteiger partial charge in [-0.1, -0.05) is 6.08 Å². The van der Waals surface area contributed by atoms with E-state index in [9.17, 15) is 0 Å². The Morgan fingerprint density at radius 2 is 2.29 bits per heavy atom. The molecule has 1 saturated heterocycles. The molecule has 0 aromatic carbocycles. The molecule has 3 nitrogen and oxygen atoms in total. The zero-order chi connectivity index (χ0) is 11.7. The van der Waals surface area contributed by atoms with Crippen LogP contribution in [0.4, 0.5) is 0 Å². The van der Waals surface area contributed by atoms with Crippen LogP contribution in [-0.4, -0.2) is 18.1 Å². The van der Waals surface area contributed by atoms with Gasteiger partial charge in [-0.05, 0) is 48.4 Å². The van der Waals surface area contributed by atoms with Crippen molar-refractivity contribution in [3.05, 3.63) is 35.7 Å². The third-order valence-corrected chi connectivity index (χ3v) is 3.83. The highest BCUT2D eigenvalue weighted by molar-refractivity contribution is 5.67. The standard InChI is InChI=1S/C14H15N3/c15-5-10-3-13(8-16-6-10)11-1-2-12-7-17-9-14(12)4-11/h3-4,6,8,12,14,17H,1-2,7,9H2. The Kier molecular flexibility index (Phi) is 2.66. The van der Waals surface area contributed by atoms with Crippen molar-refractivity contribution in [2.45, 2.75) is 12.8 Å². The topological polar surface area (TPSA) is 48.7 Å². The van der Waals surface area contributed by atoms with Gasteiger partial charge in [0.2, 0.25) is 0 Å². The number of aromatic nitrogens is 1. The first-order valence-corrected chi connectivity index (χ1v) is 6.14. The van der Waals surface area contributed by atoms with E-state index in [0.29, 0.717) is 11.5 Å². The summed E-state index contributed by atoms with van der Waals surface area (Å²) in [6.45, 7) is 2.25. The lowest BCUT2D eigenvalue weighted by Gasteiger charge is -2.23. The van der Waals surface area contributed by atoms with Crippen LogP contribution >= 0.6 is 0 Å². The van der Waals surface area contributed by atoms with Crippen LogP contribution in [0.3, 0.4) is 0 Å². The van der Waals surface area contributed by atoms with Crippen molar-refractivity contribution in [3.63, 3.8) is 0 Å². The summed E-state index contributed by atoms with van der Waals surface area (Å²) in [7, 11) is 0. The molecule has 1 aliphatic heterocycles. The zero-order valence-electron chi connectivity index (χ0n) is 9.69. The molecule has 0 spiro atoms. The summed E-state index contributed by atoms with van der Waals surface area (Å²) in [6, 6.07) is 4.10. The quantitative estimate of drug-likeness (QED) is 0.795. The second kappa shape index (κ2) is 4.31. The van der Waals surface area contributed by atoms with E-state index in [2.05, 4.69) is 22.4 Å². The Bertz CT molecular complexity index is 498. The Morgan fingerprint density at radius 1 is 1.35 bits per heavy atom. The summed E-state index contributed by atoms with van der Waals surface area (Å²) in [6.07, 6.45) is 8.23. The molecular weight excluding hydrogens is 210 g/mol. The van der Waals surface area contributed by atoms with Crippen LogP contribution in [0.1, 0.15) is 24.0 Å². The summed E-state index contributed by atoms with van der Waals surface area (Å²) < 4.78 is 0. The first kappa shape index (κ1) is 10.5. The molecule has 1 N–H and O–H groups in total. The minimum Gasteiger partial charge on any atom is -0.316 e. The molecule has 17 heavy (non-hydrogen) atoms. The average Bonchev–Trinajstić information content (AvgIpc) is 2.86. The summed E-state index contributed by atoms with van der Waals surface area (Å²) in [5.41, 5.74) is 3.13. The van der Waals surface area contributed by atoms with Crippen molar-refractivity contribution in [3.8, 4) is 6.07 Å². The van der Waals surface area contributed by atoms with E-state index >= 15 is 0 Å². The number of hydrogen-bond donors (Lipinski definition) is 1. The SMILES string of the molecule is N#Cc1cncc(C2=CC3CNCC3CC2)c1. The van der Waals surface area contributed by atoms with E-state index in [4.69, 9.17) is 5.26 Å². The highest BCUT2D eigenvalue weighted by Gasteiger charge is 2.29. The fourth-order valence-corrected chi connectivity index (χ4v) is 2.86. The number of hydrogen-bond acceptors (Lipinski definition) is 3. The molecule has 3 heteroatoms. The van der Waals surface area contributed by atoms with Crippen LogP contribution in [0.15, 0.2) is 24.5 Å². The number of allylic oxidation sites excluding steroid dienone is 1. The molecule has 0 bridgehead atoms. The molecule has 86 valence electrons. The molecule has 1 aromatic rings. The van der Waals surface area contributed by atoms with E-state index < -0.39 is 0 Å². The van der Waals surface area contributed by atoms with Crippen molar-refractivity contribution in [2.75, 3.05) is 13.1 Å². The van der Waals surface area contributed by atoms with Crippen LogP contribution in [0, 0.1) is 23.2 Å². The molecule has 1 aliphatic carbocycles. The number of rotatable bonds is 1. The lowest BCUT2D eigenvalue weighted by atomic mass is 9.81. The van der Waals surface area contributed by atoms with Crippen molar-refractivity contribution >= 4 is 5.57 Å². The van der Waals surface area contributed by atoms with Gasteiger partial charge in [0.1, 0.15) is 6.07 Å². The number of pyridine rings is 1. The minimum absolute atomic E-state index is 0.648. The zero-order valence-corrected chi connectivity index (χ0v) is 9.69. The van der Waals surface area contributed by atoms with Crippen molar-refractivity contribution in [2.24, 2.45) is 11.8 Å². The lowest BCUT2D eigenvalue weighted by Crippen LogP contribution is -2.15. The smallest absolute Gasteiger partial charge is 0.101 e. The Hall–Kier alpha value is -1.66. The third kappa shape index (κ3) is 1.96. The summed E-state index contributed by atoms with van der Waals surface area (Å²) in [4.78, 5) is 4.14. The second-order valence-corrected chi connectivity index (χ2v) is 4.89. The largest absolute Gasteiger partial charge is 0.316 e. The van der Waals surface area contributed by atoms with Gasteiger partial charge in [-0.3, -0.25) is 4.98 Å². The van der Waals surface area contributed by atoms with E-state index in [1.165, 1.54) is 12.0 Å². The maximum atomic E-state index is 8.89. The summed E-state index contributed by atoms with van der Waals surface area (Å²) in [5, 5.41) is 12.3. The molecule has 1 fully saturated rings. The predicted octanol–water partition coefficient (Wildman–Crippen LogP) is 1.97. The van der Waals surface area contributed by atoms with Crippen LogP contribution in [0.25, 0.3) is 5.57 Å². The number of nitriles is 1. The maximum Gasteiger partial charge on any atom is 0.101 e. The van der Waals surface area contributed by atoms with Gasteiger partial charge in [-0.2, -0.15) is 5.26 Å². The van der Waals surface area contributed by atoms with Crippen LogP contribution in [0.2, 0.25) is 0 Å². The van der Waals surface area contributed by atoms with Gasteiger partial charge >= 0.3 is 0 Å². The van der Waals surface area contributed by atoms with Crippen molar-refractivity contribution in [1.29, 1.82) is 5.26 Å². The monoisotopic (exact) mass is 225 g/mol. The third-order valence-electron chi connectivity index (χ3n) is 3.83. The van der Waals surface area contributed by atoms with Gasteiger partial charge in [-0.15, -0.1) is 0 Å². The van der Waals surface area contributed by atoms with E-state index in [-0.39, 0.29) is 0 Å². The van der Waals surface area contributed by atoms with Crippen LogP contribution in [-0.2, 0) is 0 Å². The van der Waals surface area contributed by atoms with E-state index in [1.807, 2.05) is 12.3 Å². The van der Waals surface area contributed by atoms with E-state index in [0.717, 1.165) is 31.0 Å². The summed E-state index contributed by atoms with van der Waals surface area (Å²) in [5.74, 6) is 1.48. The van der Waals surface area contributed by atoms with Gasteiger partial charge < -0.3 is 5.32 Å². The lowest BCUT2D eigenvalue weighted by molar-refractivity contribution is 0.448. The molecule has 2 atom stereocenters. The Balaban J connectivity index is 1.91. The van der Waals surface area contributed by atoms with Crippen LogP contribution < -0.4 is 5.32 Å². The molecule has 0 saturated carbocycles. The number of nitrogens with one attached hydrogen (secondary N) is 1. The van der Waals surface area contributed by atoms with Gasteiger partial charge in [-0.25, -0.2) is 0 Å². The molecule has 2 aliphatic rings. The highest BCUT2D eigenvalue weighted by atomic mass is 14.9. The molecule has 0 amide bonds. The predicted molar refractivity (Wildman–Crippen MR) is 66.0 cm³/mol. The second-order valence-electron chi connectivity index (χ2n) is 4.89. The fraction of sp³-hybridized carbons (Fsp3) is 0.429. The van der Waals surface area contributed by atoms with E-state index in [1.54, 1.807) is 6.20 Å². The minimum atomic E-state index is 0.648.